The van der Waals surface area contributed by atoms with E-state index in [1.54, 1.807) is 18.3 Å². The van der Waals surface area contributed by atoms with E-state index in [1.165, 1.54) is 11.6 Å². The van der Waals surface area contributed by atoms with Crippen molar-refractivity contribution < 1.29 is 9.53 Å². The molecule has 0 amide bonds. The molecule has 2 rings (SSSR count). The lowest BCUT2D eigenvalue weighted by molar-refractivity contribution is 0.0595. The maximum absolute atomic E-state index is 11.2. The van der Waals surface area contributed by atoms with Crippen molar-refractivity contribution in [3.05, 3.63) is 29.2 Å². The zero-order valence-electron chi connectivity index (χ0n) is 7.27. The average molecular weight is 212 g/mol. The van der Waals surface area contributed by atoms with Crippen LogP contribution in [0.1, 0.15) is 10.5 Å². The van der Waals surface area contributed by atoms with Crippen LogP contribution in [0.15, 0.2) is 18.3 Å². The Morgan fingerprint density at radius 1 is 1.64 bits per heavy atom. The summed E-state index contributed by atoms with van der Waals surface area (Å²) in [6.07, 6.45) is 1.56. The number of carbonyl (C=O) groups excluding carboxylic acids is 1. The second-order valence-corrected chi connectivity index (χ2v) is 2.89. The predicted octanol–water partition coefficient (Wildman–Crippen LogP) is 1.17. The molecule has 0 aliphatic heterocycles. The van der Waals surface area contributed by atoms with E-state index in [1.807, 2.05) is 0 Å². The molecule has 6 heteroatoms. The molecular formula is C8H6ClN3O2. The van der Waals surface area contributed by atoms with Gasteiger partial charge in [-0.2, -0.15) is 5.10 Å². The minimum Gasteiger partial charge on any atom is -0.464 e. The smallest absolute Gasteiger partial charge is 0.359 e. The number of aromatic nitrogens is 3. The molecular weight excluding hydrogens is 206 g/mol. The molecule has 0 aliphatic carbocycles. The molecule has 0 saturated heterocycles. The van der Waals surface area contributed by atoms with E-state index in [2.05, 4.69) is 14.8 Å². The van der Waals surface area contributed by atoms with Gasteiger partial charge in [-0.3, -0.25) is 0 Å². The predicted molar refractivity (Wildman–Crippen MR) is 49.3 cm³/mol. The van der Waals surface area contributed by atoms with Crippen LogP contribution in [0, 0.1) is 0 Å². The fraction of sp³-hybridized carbons (Fsp3) is 0.125. The number of halogens is 1. The van der Waals surface area contributed by atoms with E-state index >= 15 is 0 Å². The van der Waals surface area contributed by atoms with E-state index in [9.17, 15) is 4.79 Å². The summed E-state index contributed by atoms with van der Waals surface area (Å²) >= 11 is 5.87. The van der Waals surface area contributed by atoms with Gasteiger partial charge < -0.3 is 4.74 Å². The maximum atomic E-state index is 11.2. The van der Waals surface area contributed by atoms with Crippen LogP contribution in [0.2, 0.25) is 5.15 Å². The number of carbonyl (C=O) groups is 1. The molecule has 2 aromatic rings. The Morgan fingerprint density at radius 2 is 2.43 bits per heavy atom. The van der Waals surface area contributed by atoms with Crippen LogP contribution >= 0.6 is 11.6 Å². The van der Waals surface area contributed by atoms with Crippen LogP contribution in [-0.4, -0.2) is 27.7 Å². The number of ether oxygens (including phenoxy) is 1. The summed E-state index contributed by atoms with van der Waals surface area (Å²) in [6.45, 7) is 0. The summed E-state index contributed by atoms with van der Waals surface area (Å²) in [6, 6.07) is 3.41. The van der Waals surface area contributed by atoms with Gasteiger partial charge in [-0.25, -0.2) is 14.3 Å². The molecule has 0 spiro atoms. The Labute approximate surface area is 84.3 Å². The maximum Gasteiger partial charge on any atom is 0.359 e. The first kappa shape index (κ1) is 8.96. The molecule has 2 heterocycles. The van der Waals surface area contributed by atoms with Gasteiger partial charge in [0, 0.05) is 6.20 Å². The minimum absolute atomic E-state index is 0.0767. The topological polar surface area (TPSA) is 56.5 Å². The number of imidazole rings is 1. The van der Waals surface area contributed by atoms with E-state index in [-0.39, 0.29) is 10.8 Å². The molecule has 14 heavy (non-hydrogen) atoms. The Balaban J connectivity index is 2.68. The molecule has 72 valence electrons. The molecule has 0 aromatic carbocycles. The minimum atomic E-state index is -0.569. The second-order valence-electron chi connectivity index (χ2n) is 2.54. The average Bonchev–Trinajstić information content (AvgIpc) is 2.56. The normalized spacial score (nSPS) is 10.4. The summed E-state index contributed by atoms with van der Waals surface area (Å²) in [5.41, 5.74) is 0.589. The van der Waals surface area contributed by atoms with Crippen molar-refractivity contribution in [2.75, 3.05) is 7.11 Å². The molecule has 5 nitrogen and oxygen atoms in total. The SMILES string of the molecule is COC(=O)c1nc2cccnn2c1Cl. The van der Waals surface area contributed by atoms with E-state index in [4.69, 9.17) is 11.6 Å². The lowest BCUT2D eigenvalue weighted by Crippen LogP contribution is -2.02. The van der Waals surface area contributed by atoms with Gasteiger partial charge in [0.1, 0.15) is 0 Å². The van der Waals surface area contributed by atoms with Crippen LogP contribution in [0.5, 0.6) is 0 Å². The Morgan fingerprint density at radius 3 is 3.07 bits per heavy atom. The highest BCUT2D eigenvalue weighted by atomic mass is 35.5. The molecule has 0 N–H and O–H groups in total. The van der Waals surface area contributed by atoms with Gasteiger partial charge in [0.05, 0.1) is 7.11 Å². The third-order valence-electron chi connectivity index (χ3n) is 1.72. The monoisotopic (exact) mass is 211 g/mol. The fourth-order valence-electron chi connectivity index (χ4n) is 1.09. The highest BCUT2D eigenvalue weighted by molar-refractivity contribution is 6.32. The molecule has 0 atom stereocenters. The van der Waals surface area contributed by atoms with Gasteiger partial charge >= 0.3 is 5.97 Å². The molecule has 0 aliphatic rings. The fourth-order valence-corrected chi connectivity index (χ4v) is 1.34. The first-order valence-electron chi connectivity index (χ1n) is 3.81. The van der Waals surface area contributed by atoms with Crippen LogP contribution < -0.4 is 0 Å². The van der Waals surface area contributed by atoms with Crippen LogP contribution in [-0.2, 0) is 4.74 Å². The number of rotatable bonds is 1. The van der Waals surface area contributed by atoms with Gasteiger partial charge in [0.25, 0.3) is 0 Å². The number of methoxy groups -OCH3 is 1. The number of hydrogen-bond donors (Lipinski definition) is 0. The summed E-state index contributed by atoms with van der Waals surface area (Å²) in [5.74, 6) is -0.569. The number of nitrogens with zero attached hydrogens (tertiary/aromatic N) is 3. The zero-order chi connectivity index (χ0) is 10.1. The third kappa shape index (κ3) is 1.22. The van der Waals surface area contributed by atoms with Crippen molar-refractivity contribution in [1.82, 2.24) is 14.6 Å². The number of fused-ring (bicyclic) bond motifs is 1. The highest BCUT2D eigenvalue weighted by Crippen LogP contribution is 2.17. The molecule has 0 bridgehead atoms. The van der Waals surface area contributed by atoms with Crippen molar-refractivity contribution in [2.45, 2.75) is 0 Å². The largest absolute Gasteiger partial charge is 0.464 e. The quantitative estimate of drug-likeness (QED) is 0.665. The Kier molecular flexibility index (Phi) is 2.09. The second kappa shape index (κ2) is 3.26. The van der Waals surface area contributed by atoms with Gasteiger partial charge in [-0.1, -0.05) is 11.6 Å². The van der Waals surface area contributed by atoms with Crippen molar-refractivity contribution >= 4 is 23.2 Å². The lowest BCUT2D eigenvalue weighted by atomic mass is 10.5. The lowest BCUT2D eigenvalue weighted by Gasteiger charge is -1.93. The van der Waals surface area contributed by atoms with Crippen LogP contribution in [0.4, 0.5) is 0 Å². The van der Waals surface area contributed by atoms with Crippen molar-refractivity contribution in [3.8, 4) is 0 Å². The van der Waals surface area contributed by atoms with Gasteiger partial charge in [-0.15, -0.1) is 0 Å². The standard InChI is InChI=1S/C8H6ClN3O2/c1-14-8(13)6-7(9)12-5(11-6)3-2-4-10-12/h2-4H,1H3. The van der Waals surface area contributed by atoms with E-state index in [0.29, 0.717) is 5.65 Å². The summed E-state index contributed by atoms with van der Waals surface area (Å²) in [5, 5.41) is 4.09. The third-order valence-corrected chi connectivity index (χ3v) is 2.06. The highest BCUT2D eigenvalue weighted by Gasteiger charge is 2.17. The van der Waals surface area contributed by atoms with Gasteiger partial charge in [-0.05, 0) is 12.1 Å². The van der Waals surface area contributed by atoms with Crippen molar-refractivity contribution in [2.24, 2.45) is 0 Å². The molecule has 0 fully saturated rings. The Hall–Kier alpha value is -1.62. The van der Waals surface area contributed by atoms with Gasteiger partial charge in [0.15, 0.2) is 16.5 Å². The van der Waals surface area contributed by atoms with Crippen LogP contribution in [0.3, 0.4) is 0 Å². The van der Waals surface area contributed by atoms with E-state index in [0.717, 1.165) is 0 Å². The first-order valence-corrected chi connectivity index (χ1v) is 4.19. The first-order chi connectivity index (χ1) is 6.74. The van der Waals surface area contributed by atoms with Crippen LogP contribution in [0.25, 0.3) is 5.65 Å². The molecule has 0 unspecified atom stereocenters. The van der Waals surface area contributed by atoms with Crippen molar-refractivity contribution in [1.29, 1.82) is 0 Å². The van der Waals surface area contributed by atoms with Gasteiger partial charge in [0.2, 0.25) is 0 Å². The summed E-state index contributed by atoms with van der Waals surface area (Å²) in [7, 11) is 1.27. The molecule has 0 radical (unpaired) electrons. The summed E-state index contributed by atoms with van der Waals surface area (Å²) in [4.78, 5) is 15.2. The van der Waals surface area contributed by atoms with E-state index < -0.39 is 5.97 Å². The zero-order valence-corrected chi connectivity index (χ0v) is 8.02. The summed E-state index contributed by atoms with van der Waals surface area (Å²) < 4.78 is 5.89. The molecule has 2 aromatic heterocycles. The molecule has 0 saturated carbocycles. The number of hydrogen-bond acceptors (Lipinski definition) is 4. The Bertz CT molecular complexity index is 494. The number of esters is 1. The van der Waals surface area contributed by atoms with Crippen molar-refractivity contribution in [3.63, 3.8) is 0 Å².